The lowest BCUT2D eigenvalue weighted by atomic mass is 10.0. The summed E-state index contributed by atoms with van der Waals surface area (Å²) < 4.78 is 5.24. The Morgan fingerprint density at radius 3 is 2.41 bits per heavy atom. The summed E-state index contributed by atoms with van der Waals surface area (Å²) in [4.78, 5) is 26.5. The van der Waals surface area contributed by atoms with E-state index in [9.17, 15) is 9.59 Å². The number of thioether (sulfide) groups is 1. The lowest BCUT2D eigenvalue weighted by Gasteiger charge is -2.30. The largest absolute Gasteiger partial charge is 0.448 e. The number of unbranched alkanes of at least 4 members (excludes halogenated alkanes) is 1. The molecule has 0 fully saturated rings. The van der Waals surface area contributed by atoms with E-state index in [1.165, 1.54) is 0 Å². The summed E-state index contributed by atoms with van der Waals surface area (Å²) in [6.45, 7) is 7.51. The lowest BCUT2D eigenvalue weighted by molar-refractivity contribution is -0.106. The molecule has 5 nitrogen and oxygen atoms in total. The maximum absolute atomic E-state index is 11.7. The minimum absolute atomic E-state index is 0.148. The summed E-state index contributed by atoms with van der Waals surface area (Å²) in [5.41, 5.74) is -0.452. The zero-order valence-electron chi connectivity index (χ0n) is 14.6. The average molecular weight is 328 g/mol. The molecule has 0 aromatic rings. The summed E-state index contributed by atoms with van der Waals surface area (Å²) >= 11 is 1.10. The Morgan fingerprint density at radius 1 is 1.23 bits per heavy atom. The van der Waals surface area contributed by atoms with Gasteiger partial charge in [0.05, 0.1) is 5.54 Å². The van der Waals surface area contributed by atoms with Crippen LogP contribution in [-0.2, 0) is 9.53 Å². The third-order valence-electron chi connectivity index (χ3n) is 3.42. The van der Waals surface area contributed by atoms with Gasteiger partial charge in [0.2, 0.25) is 0 Å². The predicted molar refractivity (Wildman–Crippen MR) is 91.9 cm³/mol. The van der Waals surface area contributed by atoms with Crippen LogP contribution >= 0.6 is 11.8 Å². The molecule has 0 rings (SSSR count). The van der Waals surface area contributed by atoms with Gasteiger partial charge < -0.3 is 9.64 Å². The van der Waals surface area contributed by atoms with Crippen molar-refractivity contribution in [3.05, 3.63) is 0 Å². The van der Waals surface area contributed by atoms with Gasteiger partial charge in [0.15, 0.2) is 0 Å². The number of rotatable bonds is 7. The number of carbonyl (C=O) groups excluding carboxylic acids is 2. The minimum atomic E-state index is -0.452. The van der Waals surface area contributed by atoms with E-state index in [-0.39, 0.29) is 11.2 Å². The third-order valence-corrected chi connectivity index (χ3v) is 3.89. The highest BCUT2D eigenvalue weighted by Gasteiger charge is 2.21. The topological polar surface area (TPSA) is 49.9 Å². The predicted octanol–water partition coefficient (Wildman–Crippen LogP) is 2.46. The Balaban J connectivity index is 4.26. The van der Waals surface area contributed by atoms with Crippen LogP contribution in [0.2, 0.25) is 0 Å². The Bertz CT molecular complexity index is 427. The van der Waals surface area contributed by atoms with Crippen LogP contribution in [0.25, 0.3) is 0 Å². The normalized spacial score (nSPS) is 10.9. The van der Waals surface area contributed by atoms with Gasteiger partial charge in [-0.2, -0.15) is 0 Å². The molecule has 0 N–H and O–H groups in total. The van der Waals surface area contributed by atoms with Crippen LogP contribution in [-0.4, -0.2) is 66.6 Å². The fourth-order valence-corrected chi connectivity index (χ4v) is 1.65. The number of amides is 1. The van der Waals surface area contributed by atoms with Crippen molar-refractivity contribution in [1.82, 2.24) is 9.80 Å². The number of hydrogen-bond acceptors (Lipinski definition) is 5. The number of hydrogen-bond donors (Lipinski definition) is 0. The first kappa shape index (κ1) is 20.8. The molecule has 0 saturated carbocycles. The van der Waals surface area contributed by atoms with Gasteiger partial charge in [-0.25, -0.2) is 4.79 Å². The molecule has 0 bridgehead atoms. The van der Waals surface area contributed by atoms with Crippen molar-refractivity contribution in [2.24, 2.45) is 0 Å². The lowest BCUT2D eigenvalue weighted by Crippen LogP contribution is -2.42. The van der Waals surface area contributed by atoms with Gasteiger partial charge in [-0.1, -0.05) is 31.0 Å². The third kappa shape index (κ3) is 8.30. The van der Waals surface area contributed by atoms with Crippen LogP contribution in [0.1, 0.15) is 33.6 Å². The van der Waals surface area contributed by atoms with E-state index >= 15 is 0 Å². The molecule has 22 heavy (non-hydrogen) atoms. The molecule has 0 aliphatic rings. The van der Waals surface area contributed by atoms with Crippen molar-refractivity contribution in [1.29, 1.82) is 0 Å². The average Bonchev–Trinajstić information content (AvgIpc) is 2.49. The number of likely N-dealkylation sites (N-methyl/N-ethyl adjacent to an activating group) is 1. The maximum Gasteiger partial charge on any atom is 0.409 e. The molecule has 0 aromatic heterocycles. The molecule has 0 aliphatic carbocycles. The van der Waals surface area contributed by atoms with Gasteiger partial charge in [-0.15, -0.1) is 0 Å². The highest BCUT2D eigenvalue weighted by molar-refractivity contribution is 8.13. The van der Waals surface area contributed by atoms with E-state index in [4.69, 9.17) is 4.74 Å². The van der Waals surface area contributed by atoms with Crippen LogP contribution in [0.15, 0.2) is 0 Å². The molecule has 0 unspecified atom stereocenters. The number of nitrogens with zero attached hydrogens (tertiary/aromatic N) is 2. The van der Waals surface area contributed by atoms with Gasteiger partial charge in [-0.05, 0) is 39.5 Å². The van der Waals surface area contributed by atoms with Gasteiger partial charge >= 0.3 is 6.09 Å². The fraction of sp³-hybridized carbons (Fsp3) is 0.750. The van der Waals surface area contributed by atoms with Crippen LogP contribution in [0.5, 0.6) is 0 Å². The quantitative estimate of drug-likeness (QED) is 0.672. The molecular formula is C16H28N2O3S. The molecule has 0 heterocycles. The van der Waals surface area contributed by atoms with E-state index in [1.54, 1.807) is 18.2 Å². The minimum Gasteiger partial charge on any atom is -0.448 e. The van der Waals surface area contributed by atoms with Crippen LogP contribution in [0, 0.1) is 11.8 Å². The summed E-state index contributed by atoms with van der Waals surface area (Å²) in [6.07, 6.45) is 3.42. The van der Waals surface area contributed by atoms with E-state index in [0.717, 1.165) is 24.6 Å². The fourth-order valence-electron chi connectivity index (χ4n) is 1.50. The Morgan fingerprint density at radius 2 is 1.86 bits per heavy atom. The highest BCUT2D eigenvalue weighted by atomic mass is 32.2. The van der Waals surface area contributed by atoms with E-state index in [2.05, 4.69) is 18.8 Å². The molecule has 126 valence electrons. The molecule has 0 saturated heterocycles. The molecule has 0 radical (unpaired) electrons. The molecule has 0 atom stereocenters. The van der Waals surface area contributed by atoms with Gasteiger partial charge in [0.1, 0.15) is 6.61 Å². The SMILES string of the molecule is CCCCN(C)C(=O)OCCN(C)C(C)(C)C#CC(=O)SC. The molecular weight excluding hydrogens is 300 g/mol. The second kappa shape index (κ2) is 10.5. The monoisotopic (exact) mass is 328 g/mol. The second-order valence-electron chi connectivity index (χ2n) is 5.61. The second-order valence-corrected chi connectivity index (χ2v) is 6.39. The zero-order chi connectivity index (χ0) is 17.2. The molecule has 0 aliphatic heterocycles. The van der Waals surface area contributed by atoms with E-state index < -0.39 is 5.54 Å². The van der Waals surface area contributed by atoms with Gasteiger partial charge in [-0.3, -0.25) is 9.69 Å². The summed E-state index contributed by atoms with van der Waals surface area (Å²) in [6, 6.07) is 0. The van der Waals surface area contributed by atoms with Crippen molar-refractivity contribution in [3.63, 3.8) is 0 Å². The molecule has 6 heteroatoms. The first-order chi connectivity index (χ1) is 10.2. The first-order valence-corrected chi connectivity index (χ1v) is 8.67. The standard InChI is InChI=1S/C16H28N2O3S/c1-7-8-11-17(4)15(20)21-13-12-18(5)16(2,3)10-9-14(19)22-6/h7-8,11-13H2,1-6H3. The zero-order valence-corrected chi connectivity index (χ0v) is 15.4. The van der Waals surface area contributed by atoms with E-state index in [1.807, 2.05) is 25.8 Å². The van der Waals surface area contributed by atoms with Gasteiger partial charge in [0.25, 0.3) is 5.12 Å². The highest BCUT2D eigenvalue weighted by Crippen LogP contribution is 2.10. The summed E-state index contributed by atoms with van der Waals surface area (Å²) in [5, 5.41) is -0.148. The van der Waals surface area contributed by atoms with Crippen LogP contribution in [0.4, 0.5) is 4.79 Å². The van der Waals surface area contributed by atoms with Crippen molar-refractivity contribution in [2.45, 2.75) is 39.2 Å². The smallest absolute Gasteiger partial charge is 0.409 e. The number of carbonyl (C=O) groups is 2. The molecule has 0 spiro atoms. The Labute approximate surface area is 138 Å². The number of ether oxygens (including phenoxy) is 1. The van der Waals surface area contributed by atoms with Crippen molar-refractivity contribution in [2.75, 3.05) is 40.0 Å². The Kier molecular flexibility index (Phi) is 9.95. The van der Waals surface area contributed by atoms with Crippen molar-refractivity contribution < 1.29 is 14.3 Å². The maximum atomic E-state index is 11.7. The van der Waals surface area contributed by atoms with Crippen molar-refractivity contribution in [3.8, 4) is 11.8 Å². The Hall–Kier alpha value is -1.19. The van der Waals surface area contributed by atoms with Gasteiger partial charge in [0, 0.05) is 20.1 Å². The van der Waals surface area contributed by atoms with Crippen LogP contribution in [0.3, 0.4) is 0 Å². The first-order valence-electron chi connectivity index (χ1n) is 7.44. The molecule has 0 aromatic carbocycles. The summed E-state index contributed by atoms with van der Waals surface area (Å²) in [5.74, 6) is 5.56. The van der Waals surface area contributed by atoms with Crippen LogP contribution < -0.4 is 0 Å². The summed E-state index contributed by atoms with van der Waals surface area (Å²) in [7, 11) is 3.64. The van der Waals surface area contributed by atoms with Crippen molar-refractivity contribution >= 4 is 23.0 Å². The molecule has 1 amide bonds. The van der Waals surface area contributed by atoms with E-state index in [0.29, 0.717) is 19.7 Å².